The average Bonchev–Trinajstić information content (AvgIpc) is 3.10. The van der Waals surface area contributed by atoms with Crippen LogP contribution in [0, 0.1) is 18.6 Å². The molecule has 1 atom stereocenters. The molecule has 4 aromatic rings. The maximum absolute atomic E-state index is 13.6. The summed E-state index contributed by atoms with van der Waals surface area (Å²) in [4.78, 5) is 13.9. The number of hydrogen-bond acceptors (Lipinski definition) is 4. The van der Waals surface area contributed by atoms with Crippen molar-refractivity contribution in [3.8, 4) is 0 Å². The van der Waals surface area contributed by atoms with E-state index in [0.717, 1.165) is 53.4 Å². The molecule has 1 fully saturated rings. The van der Waals surface area contributed by atoms with Gasteiger partial charge in [0.2, 0.25) is 0 Å². The molecule has 0 radical (unpaired) electrons. The summed E-state index contributed by atoms with van der Waals surface area (Å²) in [5.41, 5.74) is 4.54. The summed E-state index contributed by atoms with van der Waals surface area (Å²) in [7, 11) is 1.94. The standard InChI is InChI=1S/C26H26ClF2N5/c1-16-15-33(25(18-4-8-20(28)9-5-18)19-6-10-21(29)11-7-19)12-13-34(16)22-14-23(27)31-26-24(22)30-17(2)32(26)3/h4-11,14,16,25H,12-13,15H2,1-3H3. The quantitative estimate of drug-likeness (QED) is 0.360. The zero-order valence-electron chi connectivity index (χ0n) is 19.3. The van der Waals surface area contributed by atoms with Gasteiger partial charge in [0, 0.05) is 38.8 Å². The monoisotopic (exact) mass is 481 g/mol. The first-order chi connectivity index (χ1) is 16.3. The second-order valence-corrected chi connectivity index (χ2v) is 9.28. The van der Waals surface area contributed by atoms with Crippen LogP contribution in [0.25, 0.3) is 11.2 Å². The Morgan fingerprint density at radius 2 is 1.53 bits per heavy atom. The van der Waals surface area contributed by atoms with E-state index in [4.69, 9.17) is 16.6 Å². The van der Waals surface area contributed by atoms with Gasteiger partial charge < -0.3 is 9.47 Å². The number of anilines is 1. The van der Waals surface area contributed by atoms with Crippen LogP contribution in [0.3, 0.4) is 0 Å². The van der Waals surface area contributed by atoms with Crippen molar-refractivity contribution < 1.29 is 8.78 Å². The van der Waals surface area contributed by atoms with E-state index in [1.807, 2.05) is 48.9 Å². The average molecular weight is 482 g/mol. The molecule has 0 aliphatic carbocycles. The van der Waals surface area contributed by atoms with Crippen LogP contribution < -0.4 is 4.90 Å². The summed E-state index contributed by atoms with van der Waals surface area (Å²) < 4.78 is 29.2. The lowest BCUT2D eigenvalue weighted by atomic mass is 9.95. The predicted molar refractivity (Wildman–Crippen MR) is 131 cm³/mol. The number of benzene rings is 2. The molecule has 0 N–H and O–H groups in total. The molecule has 1 aliphatic heterocycles. The Morgan fingerprint density at radius 3 is 2.09 bits per heavy atom. The molecule has 2 aromatic heterocycles. The van der Waals surface area contributed by atoms with Gasteiger partial charge in [-0.1, -0.05) is 35.9 Å². The van der Waals surface area contributed by atoms with Gasteiger partial charge in [-0.3, -0.25) is 4.90 Å². The van der Waals surface area contributed by atoms with E-state index in [9.17, 15) is 8.78 Å². The number of halogens is 3. The number of fused-ring (bicyclic) bond motifs is 1. The smallest absolute Gasteiger partial charge is 0.163 e. The van der Waals surface area contributed by atoms with Crippen LogP contribution in [0.5, 0.6) is 0 Å². The second kappa shape index (κ2) is 8.96. The third kappa shape index (κ3) is 4.14. The van der Waals surface area contributed by atoms with Gasteiger partial charge in [-0.05, 0) is 49.2 Å². The molecule has 3 heterocycles. The number of hydrogen-bond donors (Lipinski definition) is 0. The lowest BCUT2D eigenvalue weighted by Crippen LogP contribution is -2.53. The molecule has 1 saturated heterocycles. The summed E-state index contributed by atoms with van der Waals surface area (Å²) in [6.45, 7) is 6.40. The third-order valence-corrected chi connectivity index (χ3v) is 6.90. The summed E-state index contributed by atoms with van der Waals surface area (Å²) in [5.74, 6) is 0.332. The van der Waals surface area contributed by atoms with Crippen LogP contribution in [-0.4, -0.2) is 45.1 Å². The number of piperazine rings is 1. The van der Waals surface area contributed by atoms with Crippen molar-refractivity contribution in [2.24, 2.45) is 7.05 Å². The molecular weight excluding hydrogens is 456 g/mol. The number of rotatable bonds is 4. The van der Waals surface area contributed by atoms with Crippen LogP contribution in [0.1, 0.15) is 29.9 Å². The topological polar surface area (TPSA) is 37.2 Å². The molecule has 8 heteroatoms. The zero-order chi connectivity index (χ0) is 24.0. The van der Waals surface area contributed by atoms with E-state index in [1.165, 1.54) is 24.3 Å². The summed E-state index contributed by atoms with van der Waals surface area (Å²) >= 11 is 6.39. The summed E-state index contributed by atoms with van der Waals surface area (Å²) in [6.07, 6.45) is 0. The summed E-state index contributed by atoms with van der Waals surface area (Å²) in [5, 5.41) is 0.440. The van der Waals surface area contributed by atoms with E-state index < -0.39 is 0 Å². The van der Waals surface area contributed by atoms with E-state index >= 15 is 0 Å². The molecule has 5 rings (SSSR count). The molecule has 176 valence electrons. The maximum atomic E-state index is 13.6. The van der Waals surface area contributed by atoms with Gasteiger partial charge in [0.1, 0.15) is 28.1 Å². The van der Waals surface area contributed by atoms with Gasteiger partial charge in [-0.15, -0.1) is 0 Å². The third-order valence-electron chi connectivity index (χ3n) is 6.70. The molecule has 0 bridgehead atoms. The van der Waals surface area contributed by atoms with Gasteiger partial charge in [-0.25, -0.2) is 18.7 Å². The molecule has 1 aliphatic rings. The fraction of sp³-hybridized carbons (Fsp3) is 0.308. The Hall–Kier alpha value is -3.03. The zero-order valence-corrected chi connectivity index (χ0v) is 20.1. The Balaban J connectivity index is 1.48. The SMILES string of the molecule is Cc1nc2c(N3CCN(C(c4ccc(F)cc4)c4ccc(F)cc4)CC3C)cc(Cl)nc2n1C. The highest BCUT2D eigenvalue weighted by atomic mass is 35.5. The molecule has 0 amide bonds. The number of nitrogens with zero attached hydrogens (tertiary/aromatic N) is 5. The van der Waals surface area contributed by atoms with Gasteiger partial charge in [0.05, 0.1) is 11.7 Å². The number of aryl methyl sites for hydroxylation is 2. The van der Waals surface area contributed by atoms with E-state index in [1.54, 1.807) is 0 Å². The van der Waals surface area contributed by atoms with Gasteiger partial charge in [0.15, 0.2) is 5.65 Å². The molecule has 5 nitrogen and oxygen atoms in total. The van der Waals surface area contributed by atoms with Crippen molar-refractivity contribution in [3.05, 3.63) is 88.3 Å². The van der Waals surface area contributed by atoms with Gasteiger partial charge in [0.25, 0.3) is 0 Å². The van der Waals surface area contributed by atoms with Crippen molar-refractivity contribution in [1.29, 1.82) is 0 Å². The Kier molecular flexibility index (Phi) is 6.00. The van der Waals surface area contributed by atoms with E-state index in [2.05, 4.69) is 21.7 Å². The molecule has 34 heavy (non-hydrogen) atoms. The minimum Gasteiger partial charge on any atom is -0.364 e. The van der Waals surface area contributed by atoms with Crippen molar-refractivity contribution in [2.45, 2.75) is 25.9 Å². The summed E-state index contributed by atoms with van der Waals surface area (Å²) in [6, 6.07) is 15.1. The first-order valence-corrected chi connectivity index (χ1v) is 11.7. The fourth-order valence-electron chi connectivity index (χ4n) is 4.91. The van der Waals surface area contributed by atoms with Crippen molar-refractivity contribution >= 4 is 28.5 Å². The van der Waals surface area contributed by atoms with Gasteiger partial charge >= 0.3 is 0 Å². The lowest BCUT2D eigenvalue weighted by Gasteiger charge is -2.44. The maximum Gasteiger partial charge on any atom is 0.163 e. The first kappa shape index (κ1) is 22.7. The van der Waals surface area contributed by atoms with Crippen LogP contribution in [0.15, 0.2) is 54.6 Å². The molecule has 1 unspecified atom stereocenters. The van der Waals surface area contributed by atoms with Crippen LogP contribution in [-0.2, 0) is 7.05 Å². The highest BCUT2D eigenvalue weighted by Crippen LogP contribution is 2.35. The highest BCUT2D eigenvalue weighted by Gasteiger charge is 2.32. The Morgan fingerprint density at radius 1 is 0.941 bits per heavy atom. The predicted octanol–water partition coefficient (Wildman–Crippen LogP) is 5.51. The fourth-order valence-corrected chi connectivity index (χ4v) is 5.10. The first-order valence-electron chi connectivity index (χ1n) is 11.3. The van der Waals surface area contributed by atoms with Crippen LogP contribution in [0.2, 0.25) is 5.15 Å². The Bertz CT molecular complexity index is 1270. The van der Waals surface area contributed by atoms with Crippen molar-refractivity contribution in [2.75, 3.05) is 24.5 Å². The van der Waals surface area contributed by atoms with E-state index in [-0.39, 0.29) is 23.7 Å². The Labute approximate surface area is 202 Å². The van der Waals surface area contributed by atoms with Crippen LogP contribution in [0.4, 0.5) is 14.5 Å². The minimum absolute atomic E-state index is 0.107. The van der Waals surface area contributed by atoms with Crippen molar-refractivity contribution in [3.63, 3.8) is 0 Å². The molecule has 0 spiro atoms. The number of aromatic nitrogens is 3. The minimum atomic E-state index is -0.274. The molecule has 0 saturated carbocycles. The number of pyridine rings is 1. The normalized spacial score (nSPS) is 17.1. The lowest BCUT2D eigenvalue weighted by molar-refractivity contribution is 0.188. The highest BCUT2D eigenvalue weighted by molar-refractivity contribution is 6.30. The second-order valence-electron chi connectivity index (χ2n) is 8.90. The van der Waals surface area contributed by atoms with Crippen molar-refractivity contribution in [1.82, 2.24) is 19.4 Å². The largest absolute Gasteiger partial charge is 0.364 e. The number of imidazole rings is 1. The van der Waals surface area contributed by atoms with E-state index in [0.29, 0.717) is 5.15 Å². The van der Waals surface area contributed by atoms with Crippen LogP contribution >= 0.6 is 11.6 Å². The molecular formula is C26H26ClF2N5. The molecule has 2 aromatic carbocycles. The van der Waals surface area contributed by atoms with Gasteiger partial charge in [-0.2, -0.15) is 0 Å².